The van der Waals surface area contributed by atoms with Crippen molar-refractivity contribution in [1.29, 1.82) is 0 Å². The van der Waals surface area contributed by atoms with E-state index in [1.807, 2.05) is 37.3 Å². The quantitative estimate of drug-likeness (QED) is 0.799. The Kier molecular flexibility index (Phi) is 7.37. The van der Waals surface area contributed by atoms with Crippen molar-refractivity contribution in [1.82, 2.24) is 5.32 Å². The number of rotatable bonds is 8. The molecule has 0 radical (unpaired) electrons. The summed E-state index contributed by atoms with van der Waals surface area (Å²) in [5.74, 6) is 1.66. The molecule has 1 amide bonds. The van der Waals surface area contributed by atoms with Gasteiger partial charge in [0.05, 0.1) is 7.11 Å². The molecule has 4 nitrogen and oxygen atoms in total. The van der Waals surface area contributed by atoms with Gasteiger partial charge in [0.25, 0.3) is 5.91 Å². The second-order valence-corrected chi connectivity index (χ2v) is 5.23. The molecule has 0 aliphatic heterocycles. The first-order chi connectivity index (χ1) is 10.1. The zero-order valence-corrected chi connectivity index (χ0v) is 13.3. The molecule has 0 fully saturated rings. The number of nitrogens with one attached hydrogen (secondary N) is 1. The summed E-state index contributed by atoms with van der Waals surface area (Å²) < 4.78 is 10.8. The van der Waals surface area contributed by atoms with Gasteiger partial charge in [0, 0.05) is 6.54 Å². The Labute approximate surface area is 127 Å². The average molecular weight is 291 g/mol. The molecule has 0 heterocycles. The monoisotopic (exact) mass is 291 g/mol. The molecule has 4 heteroatoms. The third kappa shape index (κ3) is 6.34. The van der Waals surface area contributed by atoms with Crippen LogP contribution in [0.25, 0.3) is 6.08 Å². The fourth-order valence-electron chi connectivity index (χ4n) is 1.79. The molecule has 0 saturated carbocycles. The number of hydrogen-bond donors (Lipinski definition) is 1. The summed E-state index contributed by atoms with van der Waals surface area (Å²) in [6, 6.07) is 5.62. The van der Waals surface area contributed by atoms with Crippen LogP contribution in [0.15, 0.2) is 24.3 Å². The van der Waals surface area contributed by atoms with E-state index in [2.05, 4.69) is 19.2 Å². The van der Waals surface area contributed by atoms with Gasteiger partial charge in [-0.1, -0.05) is 32.1 Å². The molecule has 0 bridgehead atoms. The predicted octanol–water partition coefficient (Wildman–Crippen LogP) is 3.27. The van der Waals surface area contributed by atoms with E-state index in [1.165, 1.54) is 0 Å². The van der Waals surface area contributed by atoms with E-state index in [0.717, 1.165) is 12.0 Å². The summed E-state index contributed by atoms with van der Waals surface area (Å²) >= 11 is 0. The lowest BCUT2D eigenvalue weighted by Gasteiger charge is -2.12. The Bertz CT molecular complexity index is 481. The molecule has 0 aliphatic rings. The van der Waals surface area contributed by atoms with Crippen LogP contribution in [0.5, 0.6) is 11.5 Å². The highest BCUT2D eigenvalue weighted by Crippen LogP contribution is 2.28. The minimum atomic E-state index is -0.116. The van der Waals surface area contributed by atoms with Crippen LogP contribution in [0.1, 0.15) is 32.8 Å². The number of allylic oxidation sites excluding steroid dienone is 1. The molecule has 0 saturated heterocycles. The Hall–Kier alpha value is -1.97. The van der Waals surface area contributed by atoms with Gasteiger partial charge in [0.15, 0.2) is 18.1 Å². The second-order valence-electron chi connectivity index (χ2n) is 5.23. The first-order valence-corrected chi connectivity index (χ1v) is 7.27. The lowest BCUT2D eigenvalue weighted by molar-refractivity contribution is -0.123. The molecule has 1 rings (SSSR count). The Balaban J connectivity index is 2.52. The molecule has 1 aromatic rings. The van der Waals surface area contributed by atoms with E-state index < -0.39 is 0 Å². The van der Waals surface area contributed by atoms with Gasteiger partial charge in [-0.25, -0.2) is 0 Å². The average Bonchev–Trinajstić information content (AvgIpc) is 2.45. The van der Waals surface area contributed by atoms with E-state index in [1.54, 1.807) is 7.11 Å². The summed E-state index contributed by atoms with van der Waals surface area (Å²) in [5.41, 5.74) is 1.03. The number of carbonyl (C=O) groups excluding carboxylic acids is 1. The molecule has 1 N–H and O–H groups in total. The van der Waals surface area contributed by atoms with E-state index in [9.17, 15) is 4.79 Å². The highest BCUT2D eigenvalue weighted by molar-refractivity contribution is 5.77. The van der Waals surface area contributed by atoms with Crippen molar-refractivity contribution < 1.29 is 14.3 Å². The molecule has 0 aliphatic carbocycles. The fourth-order valence-corrected chi connectivity index (χ4v) is 1.79. The van der Waals surface area contributed by atoms with Gasteiger partial charge in [-0.05, 0) is 37.0 Å². The highest BCUT2D eigenvalue weighted by Gasteiger charge is 2.08. The van der Waals surface area contributed by atoms with Crippen molar-refractivity contribution in [3.05, 3.63) is 29.8 Å². The second kappa shape index (κ2) is 9.06. The van der Waals surface area contributed by atoms with Crippen LogP contribution in [-0.2, 0) is 4.79 Å². The van der Waals surface area contributed by atoms with Crippen molar-refractivity contribution in [3.63, 3.8) is 0 Å². The van der Waals surface area contributed by atoms with E-state index in [4.69, 9.17) is 9.47 Å². The minimum absolute atomic E-state index is 0.00256. The summed E-state index contributed by atoms with van der Waals surface area (Å²) in [6.07, 6.45) is 4.90. The molecule has 0 spiro atoms. The first kappa shape index (κ1) is 17.1. The van der Waals surface area contributed by atoms with Crippen molar-refractivity contribution in [2.45, 2.75) is 27.2 Å². The first-order valence-electron chi connectivity index (χ1n) is 7.27. The van der Waals surface area contributed by atoms with E-state index in [0.29, 0.717) is 24.0 Å². The number of carbonyl (C=O) groups is 1. The molecule has 1 aromatic carbocycles. The van der Waals surface area contributed by atoms with Crippen molar-refractivity contribution in [2.24, 2.45) is 5.92 Å². The van der Waals surface area contributed by atoms with Crippen molar-refractivity contribution in [2.75, 3.05) is 20.3 Å². The Morgan fingerprint density at radius 2 is 2.10 bits per heavy atom. The van der Waals surface area contributed by atoms with Crippen LogP contribution < -0.4 is 14.8 Å². The fraction of sp³-hybridized carbons (Fsp3) is 0.471. The maximum Gasteiger partial charge on any atom is 0.257 e. The largest absolute Gasteiger partial charge is 0.493 e. The number of methoxy groups -OCH3 is 1. The molecule has 0 aromatic heterocycles. The molecular weight excluding hydrogens is 266 g/mol. The summed E-state index contributed by atoms with van der Waals surface area (Å²) in [7, 11) is 1.59. The number of hydrogen-bond acceptors (Lipinski definition) is 3. The van der Waals surface area contributed by atoms with Gasteiger partial charge in [0.1, 0.15) is 0 Å². The predicted molar refractivity (Wildman–Crippen MR) is 85.7 cm³/mol. The third-order valence-electron chi connectivity index (χ3n) is 2.95. The van der Waals surface area contributed by atoms with Gasteiger partial charge < -0.3 is 14.8 Å². The lowest BCUT2D eigenvalue weighted by atomic mass is 10.1. The van der Waals surface area contributed by atoms with Crippen LogP contribution in [0.4, 0.5) is 0 Å². The van der Waals surface area contributed by atoms with Crippen LogP contribution in [-0.4, -0.2) is 26.2 Å². The van der Waals surface area contributed by atoms with Gasteiger partial charge in [-0.3, -0.25) is 4.79 Å². The van der Waals surface area contributed by atoms with E-state index in [-0.39, 0.29) is 12.5 Å². The number of ether oxygens (including phenoxy) is 2. The van der Waals surface area contributed by atoms with Crippen LogP contribution in [0.3, 0.4) is 0 Å². The molecule has 0 unspecified atom stereocenters. The highest BCUT2D eigenvalue weighted by atomic mass is 16.5. The zero-order valence-electron chi connectivity index (χ0n) is 13.3. The smallest absolute Gasteiger partial charge is 0.257 e. The maximum absolute atomic E-state index is 11.7. The molecule has 116 valence electrons. The van der Waals surface area contributed by atoms with Crippen LogP contribution >= 0.6 is 0 Å². The lowest BCUT2D eigenvalue weighted by Crippen LogP contribution is -2.30. The zero-order chi connectivity index (χ0) is 15.7. The number of benzene rings is 1. The van der Waals surface area contributed by atoms with E-state index >= 15 is 0 Å². The van der Waals surface area contributed by atoms with Gasteiger partial charge >= 0.3 is 0 Å². The number of amides is 1. The normalized spacial score (nSPS) is 10.9. The van der Waals surface area contributed by atoms with Crippen molar-refractivity contribution >= 4 is 12.0 Å². The maximum atomic E-state index is 11.7. The molecular formula is C17H25NO3. The standard InChI is InChI=1S/C17H25NO3/c1-5-6-14-7-8-15(16(11-14)20-4)21-12-17(19)18-10-9-13(2)3/h5-8,11,13H,9-10,12H2,1-4H3,(H,18,19)/b6-5+. The van der Waals surface area contributed by atoms with Crippen LogP contribution in [0.2, 0.25) is 0 Å². The van der Waals surface area contributed by atoms with Gasteiger partial charge in [0.2, 0.25) is 0 Å². The molecule has 21 heavy (non-hydrogen) atoms. The summed E-state index contributed by atoms with van der Waals surface area (Å²) in [5, 5.41) is 2.84. The topological polar surface area (TPSA) is 47.6 Å². The Morgan fingerprint density at radius 3 is 2.71 bits per heavy atom. The summed E-state index contributed by atoms with van der Waals surface area (Å²) in [4.78, 5) is 11.7. The SMILES string of the molecule is C/C=C/c1ccc(OCC(=O)NCCC(C)C)c(OC)c1. The van der Waals surface area contributed by atoms with Crippen LogP contribution in [0, 0.1) is 5.92 Å². The minimum Gasteiger partial charge on any atom is -0.493 e. The Morgan fingerprint density at radius 1 is 1.33 bits per heavy atom. The van der Waals surface area contributed by atoms with Gasteiger partial charge in [-0.15, -0.1) is 0 Å². The molecule has 0 atom stereocenters. The summed E-state index contributed by atoms with van der Waals surface area (Å²) in [6.45, 7) is 6.88. The third-order valence-corrected chi connectivity index (χ3v) is 2.95. The van der Waals surface area contributed by atoms with Gasteiger partial charge in [-0.2, -0.15) is 0 Å². The van der Waals surface area contributed by atoms with Crippen molar-refractivity contribution in [3.8, 4) is 11.5 Å².